The van der Waals surface area contributed by atoms with E-state index in [1.807, 2.05) is 42.2 Å². The van der Waals surface area contributed by atoms with Gasteiger partial charge in [-0.2, -0.15) is 0 Å². The summed E-state index contributed by atoms with van der Waals surface area (Å²) < 4.78 is 27.2. The van der Waals surface area contributed by atoms with Crippen LogP contribution >= 0.6 is 0 Å². The van der Waals surface area contributed by atoms with E-state index in [0.29, 0.717) is 31.7 Å². The number of pyridine rings is 1. The second-order valence-corrected chi connectivity index (χ2v) is 8.66. The first-order valence-corrected chi connectivity index (χ1v) is 11.4. The van der Waals surface area contributed by atoms with Gasteiger partial charge in [0.05, 0.1) is 17.1 Å². The highest BCUT2D eigenvalue weighted by Gasteiger charge is 2.29. The number of hydrogen-bond acceptors (Lipinski definition) is 3. The molecular weight excluding hydrogens is 432 g/mol. The first-order valence-electron chi connectivity index (χ1n) is 11.4. The highest BCUT2D eigenvalue weighted by Crippen LogP contribution is 2.30. The number of rotatable bonds is 4. The molecule has 3 aromatic carbocycles. The SMILES string of the molecule is Cc1cc(C(=O)N2CCN(C(c3ccc(F)cc3)c3ccc(F)cc3)CC2)c2ccccc2n1. The third-order valence-electron chi connectivity index (χ3n) is 6.41. The van der Waals surface area contributed by atoms with Crippen LogP contribution in [0, 0.1) is 18.6 Å². The van der Waals surface area contributed by atoms with Crippen LogP contribution in [0.1, 0.15) is 33.2 Å². The minimum Gasteiger partial charge on any atom is -0.336 e. The van der Waals surface area contributed by atoms with Gasteiger partial charge in [-0.1, -0.05) is 42.5 Å². The molecule has 5 rings (SSSR count). The number of halogens is 2. The molecule has 4 nitrogen and oxygen atoms in total. The maximum absolute atomic E-state index is 13.6. The Morgan fingerprint density at radius 2 is 1.38 bits per heavy atom. The monoisotopic (exact) mass is 457 g/mol. The normalized spacial score (nSPS) is 14.6. The number of aryl methyl sites for hydroxylation is 1. The number of aromatic nitrogens is 1. The Morgan fingerprint density at radius 1 is 0.824 bits per heavy atom. The van der Waals surface area contributed by atoms with E-state index in [2.05, 4.69) is 9.88 Å². The van der Waals surface area contributed by atoms with E-state index in [1.165, 1.54) is 24.3 Å². The average Bonchev–Trinajstić information content (AvgIpc) is 2.86. The summed E-state index contributed by atoms with van der Waals surface area (Å²) in [5.74, 6) is -0.588. The minimum atomic E-state index is -0.295. The first-order chi connectivity index (χ1) is 16.5. The number of carbonyl (C=O) groups is 1. The Hall–Kier alpha value is -3.64. The maximum Gasteiger partial charge on any atom is 0.254 e. The summed E-state index contributed by atoms with van der Waals surface area (Å²) in [5.41, 5.74) is 4.17. The molecule has 0 atom stereocenters. The number of benzene rings is 3. The lowest BCUT2D eigenvalue weighted by Crippen LogP contribution is -2.50. The predicted molar refractivity (Wildman–Crippen MR) is 129 cm³/mol. The predicted octanol–water partition coefficient (Wildman–Crippen LogP) is 5.37. The summed E-state index contributed by atoms with van der Waals surface area (Å²) in [4.78, 5) is 22.1. The van der Waals surface area contributed by atoms with E-state index in [-0.39, 0.29) is 23.6 Å². The summed E-state index contributed by atoms with van der Waals surface area (Å²) >= 11 is 0. The van der Waals surface area contributed by atoms with Gasteiger partial charge in [0.2, 0.25) is 0 Å². The second-order valence-electron chi connectivity index (χ2n) is 8.66. The summed E-state index contributed by atoms with van der Waals surface area (Å²) in [6.45, 7) is 4.32. The smallest absolute Gasteiger partial charge is 0.254 e. The molecule has 1 aliphatic heterocycles. The lowest BCUT2D eigenvalue weighted by Gasteiger charge is -2.40. The molecule has 6 heteroatoms. The molecule has 4 aromatic rings. The van der Waals surface area contributed by atoms with Crippen molar-refractivity contribution < 1.29 is 13.6 Å². The van der Waals surface area contributed by atoms with Crippen LogP contribution in [0.5, 0.6) is 0 Å². The average molecular weight is 458 g/mol. The van der Waals surface area contributed by atoms with Crippen molar-refractivity contribution in [2.45, 2.75) is 13.0 Å². The maximum atomic E-state index is 13.6. The van der Waals surface area contributed by atoms with Crippen LogP contribution in [0.4, 0.5) is 8.78 Å². The number of amides is 1. The van der Waals surface area contributed by atoms with Crippen molar-refractivity contribution >= 4 is 16.8 Å². The van der Waals surface area contributed by atoms with Crippen molar-refractivity contribution in [2.75, 3.05) is 26.2 Å². The van der Waals surface area contributed by atoms with Gasteiger partial charge >= 0.3 is 0 Å². The lowest BCUT2D eigenvalue weighted by atomic mass is 9.96. The van der Waals surface area contributed by atoms with Gasteiger partial charge < -0.3 is 4.90 Å². The molecule has 0 saturated carbocycles. The van der Waals surface area contributed by atoms with Crippen molar-refractivity contribution in [3.63, 3.8) is 0 Å². The van der Waals surface area contributed by atoms with Crippen LogP contribution in [0.15, 0.2) is 78.9 Å². The van der Waals surface area contributed by atoms with Crippen LogP contribution in [-0.2, 0) is 0 Å². The molecule has 2 heterocycles. The fraction of sp³-hybridized carbons (Fsp3) is 0.214. The van der Waals surface area contributed by atoms with Gasteiger partial charge in [-0.05, 0) is 54.4 Å². The standard InChI is InChI=1S/C28H25F2N3O/c1-19-18-25(24-4-2-3-5-26(24)31-19)28(34)33-16-14-32(15-17-33)27(20-6-10-22(29)11-7-20)21-8-12-23(30)13-9-21/h2-13,18,27H,14-17H2,1H3. The van der Waals surface area contributed by atoms with Gasteiger partial charge in [-0.25, -0.2) is 8.78 Å². The van der Waals surface area contributed by atoms with E-state index >= 15 is 0 Å². The van der Waals surface area contributed by atoms with E-state index in [1.54, 1.807) is 24.3 Å². The number of piperazine rings is 1. The molecule has 0 spiro atoms. The highest BCUT2D eigenvalue weighted by atomic mass is 19.1. The molecule has 0 bridgehead atoms. The van der Waals surface area contributed by atoms with Crippen LogP contribution in [0.2, 0.25) is 0 Å². The quantitative estimate of drug-likeness (QED) is 0.414. The molecular formula is C28H25F2N3O. The van der Waals surface area contributed by atoms with Gasteiger partial charge in [-0.15, -0.1) is 0 Å². The third kappa shape index (κ3) is 4.41. The van der Waals surface area contributed by atoms with Crippen LogP contribution in [0.3, 0.4) is 0 Å². The van der Waals surface area contributed by atoms with Crippen LogP contribution in [-0.4, -0.2) is 46.9 Å². The van der Waals surface area contributed by atoms with Crippen molar-refractivity contribution in [3.05, 3.63) is 113 Å². The molecule has 0 aliphatic carbocycles. The van der Waals surface area contributed by atoms with Crippen molar-refractivity contribution in [1.82, 2.24) is 14.8 Å². The molecule has 1 aromatic heterocycles. The summed E-state index contributed by atoms with van der Waals surface area (Å²) in [7, 11) is 0. The molecule has 0 unspecified atom stereocenters. The fourth-order valence-corrected chi connectivity index (χ4v) is 4.74. The van der Waals surface area contributed by atoms with Gasteiger partial charge in [0.1, 0.15) is 11.6 Å². The third-order valence-corrected chi connectivity index (χ3v) is 6.41. The minimum absolute atomic E-state index is 0.00136. The zero-order chi connectivity index (χ0) is 23.7. The van der Waals surface area contributed by atoms with Gasteiger partial charge in [0.15, 0.2) is 0 Å². The molecule has 1 fully saturated rings. The van der Waals surface area contributed by atoms with E-state index < -0.39 is 0 Å². The number of para-hydroxylation sites is 1. The number of nitrogens with zero attached hydrogens (tertiary/aromatic N) is 3. The van der Waals surface area contributed by atoms with Crippen molar-refractivity contribution in [2.24, 2.45) is 0 Å². The Balaban J connectivity index is 1.39. The van der Waals surface area contributed by atoms with Crippen LogP contribution < -0.4 is 0 Å². The summed E-state index contributed by atoms with van der Waals surface area (Å²) in [6, 6.07) is 22.3. The Kier molecular flexibility index (Phi) is 6.07. The van der Waals surface area contributed by atoms with Gasteiger partial charge in [0.25, 0.3) is 5.91 Å². The Morgan fingerprint density at radius 3 is 1.97 bits per heavy atom. The lowest BCUT2D eigenvalue weighted by molar-refractivity contribution is 0.0599. The largest absolute Gasteiger partial charge is 0.336 e. The zero-order valence-corrected chi connectivity index (χ0v) is 18.9. The molecule has 0 radical (unpaired) electrons. The molecule has 1 amide bonds. The number of carbonyl (C=O) groups excluding carboxylic acids is 1. The number of fused-ring (bicyclic) bond motifs is 1. The van der Waals surface area contributed by atoms with Crippen LogP contribution in [0.25, 0.3) is 10.9 Å². The molecule has 1 aliphatic rings. The topological polar surface area (TPSA) is 36.4 Å². The summed E-state index contributed by atoms with van der Waals surface area (Å²) in [5, 5.41) is 0.857. The van der Waals surface area contributed by atoms with E-state index in [4.69, 9.17) is 0 Å². The fourth-order valence-electron chi connectivity index (χ4n) is 4.74. The first kappa shape index (κ1) is 22.2. The number of hydrogen-bond donors (Lipinski definition) is 0. The van der Waals surface area contributed by atoms with Gasteiger partial charge in [0, 0.05) is 37.3 Å². The van der Waals surface area contributed by atoms with Crippen molar-refractivity contribution in [3.8, 4) is 0 Å². The molecule has 172 valence electrons. The Bertz CT molecular complexity index is 1270. The van der Waals surface area contributed by atoms with E-state index in [0.717, 1.165) is 27.7 Å². The summed E-state index contributed by atoms with van der Waals surface area (Å²) in [6.07, 6.45) is 0. The molecule has 0 N–H and O–H groups in total. The highest BCUT2D eigenvalue weighted by molar-refractivity contribution is 6.06. The van der Waals surface area contributed by atoms with Gasteiger partial charge in [-0.3, -0.25) is 14.7 Å². The Labute approximate surface area is 197 Å². The van der Waals surface area contributed by atoms with Crippen molar-refractivity contribution in [1.29, 1.82) is 0 Å². The zero-order valence-electron chi connectivity index (χ0n) is 18.9. The second kappa shape index (κ2) is 9.31. The van der Waals surface area contributed by atoms with E-state index in [9.17, 15) is 13.6 Å². The molecule has 1 saturated heterocycles. The molecule has 34 heavy (non-hydrogen) atoms.